The zero-order valence-electron chi connectivity index (χ0n) is 16.1. The predicted octanol–water partition coefficient (Wildman–Crippen LogP) is 2.97. The van der Waals surface area contributed by atoms with Gasteiger partial charge in [0.1, 0.15) is 11.9 Å². The molecule has 7 nitrogen and oxygen atoms in total. The van der Waals surface area contributed by atoms with Crippen LogP contribution >= 0.6 is 0 Å². The van der Waals surface area contributed by atoms with Crippen molar-refractivity contribution >= 4 is 10.0 Å². The van der Waals surface area contributed by atoms with Crippen LogP contribution in [0.3, 0.4) is 0 Å². The van der Waals surface area contributed by atoms with Crippen LogP contribution in [-0.4, -0.2) is 53.1 Å². The quantitative estimate of drug-likeness (QED) is 0.758. The van der Waals surface area contributed by atoms with Crippen molar-refractivity contribution in [1.29, 1.82) is 0 Å². The van der Waals surface area contributed by atoms with E-state index >= 15 is 0 Å². The Hall–Kier alpha value is -2.14. The molecule has 0 amide bonds. The fourth-order valence-electron chi connectivity index (χ4n) is 3.29. The van der Waals surface area contributed by atoms with E-state index in [9.17, 15) is 21.6 Å². The third-order valence-corrected chi connectivity index (χ3v) is 7.17. The number of hydrogen-bond donors (Lipinski definition) is 1. The van der Waals surface area contributed by atoms with Crippen molar-refractivity contribution in [2.45, 2.75) is 44.4 Å². The van der Waals surface area contributed by atoms with Gasteiger partial charge in [0, 0.05) is 18.5 Å². The third kappa shape index (κ3) is 5.27. The molecule has 0 aliphatic carbocycles. The van der Waals surface area contributed by atoms with E-state index in [1.54, 1.807) is 13.8 Å². The predicted molar refractivity (Wildman–Crippen MR) is 99.9 cm³/mol. The molecule has 0 unspecified atom stereocenters. The van der Waals surface area contributed by atoms with Crippen molar-refractivity contribution in [2.24, 2.45) is 0 Å². The van der Waals surface area contributed by atoms with Crippen molar-refractivity contribution in [3.63, 3.8) is 0 Å². The van der Waals surface area contributed by atoms with Gasteiger partial charge in [-0.15, -0.1) is 0 Å². The lowest BCUT2D eigenvalue weighted by Gasteiger charge is -2.33. The first-order chi connectivity index (χ1) is 13.5. The number of ether oxygens (including phenoxy) is 1. The van der Waals surface area contributed by atoms with Gasteiger partial charge in [-0.1, -0.05) is 13.8 Å². The Kier molecular flexibility index (Phi) is 5.91. The lowest BCUT2D eigenvalue weighted by molar-refractivity contribution is -0.137. The summed E-state index contributed by atoms with van der Waals surface area (Å²) in [6, 6.07) is 4.51. The minimum absolute atomic E-state index is 0.100. The number of nitrogens with one attached hydrogen (secondary N) is 1. The van der Waals surface area contributed by atoms with Gasteiger partial charge in [0.25, 0.3) is 0 Å². The zero-order valence-corrected chi connectivity index (χ0v) is 16.9. The molecule has 160 valence electrons. The number of nitrogens with zero attached hydrogens (tertiary/aromatic N) is 3. The van der Waals surface area contributed by atoms with Gasteiger partial charge in [0.05, 0.1) is 23.2 Å². The summed E-state index contributed by atoms with van der Waals surface area (Å²) in [7, 11) is -3.51. The minimum Gasteiger partial charge on any atom is -0.490 e. The number of rotatable bonds is 6. The average molecular weight is 432 g/mol. The van der Waals surface area contributed by atoms with E-state index in [4.69, 9.17) is 4.74 Å². The summed E-state index contributed by atoms with van der Waals surface area (Å²) < 4.78 is 70.7. The molecular weight excluding hydrogens is 409 g/mol. The maximum Gasteiger partial charge on any atom is 0.416 e. The molecule has 2 heterocycles. The van der Waals surface area contributed by atoms with Crippen LogP contribution in [0.2, 0.25) is 0 Å². The number of aromatic nitrogens is 3. The number of aromatic amines is 1. The SMILES string of the molecule is CC(C)(CS(=O)(=O)N1CCC(Oc2ccc(C(F)(F)F)cc2)CC1)c1cn[nH]n1. The Bertz CT molecular complexity index is 905. The lowest BCUT2D eigenvalue weighted by Crippen LogP contribution is -2.45. The van der Waals surface area contributed by atoms with Crippen LogP contribution in [0.4, 0.5) is 13.2 Å². The van der Waals surface area contributed by atoms with Crippen LogP contribution in [0, 0.1) is 0 Å². The second kappa shape index (κ2) is 7.94. The van der Waals surface area contributed by atoms with E-state index in [1.165, 1.54) is 22.6 Å². The first kappa shape index (κ1) is 21.6. The van der Waals surface area contributed by atoms with E-state index in [0.29, 0.717) is 37.4 Å². The molecule has 1 saturated heterocycles. The van der Waals surface area contributed by atoms with Crippen LogP contribution in [0.25, 0.3) is 0 Å². The zero-order chi connectivity index (χ0) is 21.3. The van der Waals surface area contributed by atoms with Crippen molar-refractivity contribution in [3.8, 4) is 5.75 Å². The molecule has 2 aromatic rings. The van der Waals surface area contributed by atoms with Crippen LogP contribution in [-0.2, 0) is 21.6 Å². The third-order valence-electron chi connectivity index (χ3n) is 4.93. The fourth-order valence-corrected chi connectivity index (χ4v) is 5.30. The van der Waals surface area contributed by atoms with Gasteiger partial charge in [0.15, 0.2) is 0 Å². The maximum absolute atomic E-state index is 12.8. The highest BCUT2D eigenvalue weighted by Crippen LogP contribution is 2.31. The molecule has 29 heavy (non-hydrogen) atoms. The number of sulfonamides is 1. The van der Waals surface area contributed by atoms with Crippen molar-refractivity contribution in [1.82, 2.24) is 19.7 Å². The Morgan fingerprint density at radius 2 is 1.79 bits per heavy atom. The molecule has 1 aliphatic rings. The molecule has 11 heteroatoms. The van der Waals surface area contributed by atoms with Crippen molar-refractivity contribution < 1.29 is 26.3 Å². The second-order valence-corrected chi connectivity index (χ2v) is 9.70. The number of H-pyrrole nitrogens is 1. The molecule has 1 aliphatic heterocycles. The number of halogens is 3. The fraction of sp³-hybridized carbons (Fsp3) is 0.556. The first-order valence-corrected chi connectivity index (χ1v) is 10.8. The van der Waals surface area contributed by atoms with Gasteiger partial charge in [-0.2, -0.15) is 28.6 Å². The van der Waals surface area contributed by atoms with E-state index in [-0.39, 0.29) is 11.9 Å². The Balaban J connectivity index is 1.56. The van der Waals surface area contributed by atoms with E-state index in [0.717, 1.165) is 12.1 Å². The van der Waals surface area contributed by atoms with E-state index < -0.39 is 27.2 Å². The molecule has 0 bridgehead atoms. The average Bonchev–Trinajstić information content (AvgIpc) is 3.17. The molecule has 0 saturated carbocycles. The molecule has 0 spiro atoms. The number of piperidine rings is 1. The molecule has 3 rings (SSSR count). The van der Waals surface area contributed by atoms with Gasteiger partial charge in [-0.3, -0.25) is 0 Å². The van der Waals surface area contributed by atoms with Crippen LogP contribution in [0.15, 0.2) is 30.5 Å². The highest BCUT2D eigenvalue weighted by atomic mass is 32.2. The van der Waals surface area contributed by atoms with Crippen LogP contribution < -0.4 is 4.74 Å². The summed E-state index contributed by atoms with van der Waals surface area (Å²) in [5.41, 5.74) is -0.860. The largest absolute Gasteiger partial charge is 0.490 e. The monoisotopic (exact) mass is 432 g/mol. The molecular formula is C18H23F3N4O3S. The molecule has 0 radical (unpaired) electrons. The maximum atomic E-state index is 12.8. The number of alkyl halides is 3. The Morgan fingerprint density at radius 1 is 1.17 bits per heavy atom. The first-order valence-electron chi connectivity index (χ1n) is 9.15. The summed E-state index contributed by atoms with van der Waals surface area (Å²) in [5.74, 6) is 0.239. The Labute approximate surface area is 167 Å². The highest BCUT2D eigenvalue weighted by molar-refractivity contribution is 7.89. The normalized spacial score (nSPS) is 17.4. The van der Waals surface area contributed by atoms with Crippen LogP contribution in [0.1, 0.15) is 37.9 Å². The molecule has 1 aromatic carbocycles. The van der Waals surface area contributed by atoms with E-state index in [2.05, 4.69) is 15.4 Å². The standard InChI is InChI=1S/C18H23F3N4O3S/c1-17(2,16-11-22-24-23-16)12-29(26,27)25-9-7-15(8-10-25)28-14-5-3-13(4-6-14)18(19,20)21/h3-6,11,15H,7-10,12H2,1-2H3,(H,22,23,24). The summed E-state index contributed by atoms with van der Waals surface area (Å²) in [5, 5.41) is 10.2. The van der Waals surface area contributed by atoms with Crippen molar-refractivity contribution in [2.75, 3.05) is 18.8 Å². The second-order valence-electron chi connectivity index (χ2n) is 7.73. The molecule has 1 N–H and O–H groups in total. The van der Waals surface area contributed by atoms with Crippen molar-refractivity contribution in [3.05, 3.63) is 41.7 Å². The van der Waals surface area contributed by atoms with Gasteiger partial charge in [0.2, 0.25) is 10.0 Å². The Morgan fingerprint density at radius 3 is 2.31 bits per heavy atom. The molecule has 0 atom stereocenters. The number of benzene rings is 1. The summed E-state index contributed by atoms with van der Waals surface area (Å²) in [4.78, 5) is 0. The number of hydrogen-bond acceptors (Lipinski definition) is 5. The van der Waals surface area contributed by atoms with E-state index in [1.807, 2.05) is 0 Å². The summed E-state index contributed by atoms with van der Waals surface area (Å²) in [6.45, 7) is 4.18. The molecule has 1 fully saturated rings. The van der Waals surface area contributed by atoms with Gasteiger partial charge >= 0.3 is 6.18 Å². The van der Waals surface area contributed by atoms with Gasteiger partial charge in [-0.05, 0) is 37.1 Å². The lowest BCUT2D eigenvalue weighted by atomic mass is 9.93. The summed E-state index contributed by atoms with van der Waals surface area (Å²) >= 11 is 0. The molecule has 1 aromatic heterocycles. The smallest absolute Gasteiger partial charge is 0.416 e. The van der Waals surface area contributed by atoms with Gasteiger partial charge < -0.3 is 4.74 Å². The van der Waals surface area contributed by atoms with Gasteiger partial charge in [-0.25, -0.2) is 12.7 Å². The van der Waals surface area contributed by atoms with Crippen LogP contribution in [0.5, 0.6) is 5.75 Å². The highest BCUT2D eigenvalue weighted by Gasteiger charge is 2.36. The topological polar surface area (TPSA) is 88.2 Å². The minimum atomic E-state index is -4.39. The summed E-state index contributed by atoms with van der Waals surface area (Å²) in [6.07, 6.45) is -2.20.